The number of rotatable bonds is 3. The highest BCUT2D eigenvalue weighted by molar-refractivity contribution is 5.86. The van der Waals surface area contributed by atoms with E-state index in [4.69, 9.17) is 0 Å². The summed E-state index contributed by atoms with van der Waals surface area (Å²) in [6.07, 6.45) is 0. The molecule has 2 N–H and O–H groups in total. The van der Waals surface area contributed by atoms with Gasteiger partial charge in [0.25, 0.3) is 0 Å². The molecule has 0 aliphatic rings. The summed E-state index contributed by atoms with van der Waals surface area (Å²) < 4.78 is 0. The molecule has 0 radical (unpaired) electrons. The minimum absolute atomic E-state index is 0.104. The predicted octanol–water partition coefficient (Wildman–Crippen LogP) is 2.01. The molecule has 88 valence electrons. The van der Waals surface area contributed by atoms with Crippen molar-refractivity contribution in [3.05, 3.63) is 48.0 Å². The SMILES string of the molecule is CC(=O)NC(CO)c1cccc2ccccc12. The van der Waals surface area contributed by atoms with Gasteiger partial charge in [0.1, 0.15) is 0 Å². The molecule has 0 fully saturated rings. The van der Waals surface area contributed by atoms with E-state index in [1.54, 1.807) is 0 Å². The Bertz CT molecular complexity index is 531. The van der Waals surface area contributed by atoms with Crippen molar-refractivity contribution in [1.29, 1.82) is 0 Å². The zero-order valence-electron chi connectivity index (χ0n) is 9.68. The van der Waals surface area contributed by atoms with Crippen molar-refractivity contribution in [2.45, 2.75) is 13.0 Å². The van der Waals surface area contributed by atoms with Crippen LogP contribution in [0.25, 0.3) is 10.8 Å². The number of carbonyl (C=O) groups excluding carboxylic acids is 1. The Kier molecular flexibility index (Phi) is 3.40. The molecule has 2 aromatic carbocycles. The number of carbonyl (C=O) groups is 1. The van der Waals surface area contributed by atoms with Gasteiger partial charge in [-0.05, 0) is 16.3 Å². The average molecular weight is 229 g/mol. The molecule has 3 nitrogen and oxygen atoms in total. The summed E-state index contributed by atoms with van der Waals surface area (Å²) in [4.78, 5) is 11.1. The first-order valence-corrected chi connectivity index (χ1v) is 5.58. The Morgan fingerprint density at radius 3 is 2.65 bits per heavy atom. The summed E-state index contributed by atoms with van der Waals surface area (Å²) in [7, 11) is 0. The third-order valence-electron chi connectivity index (χ3n) is 2.76. The maximum absolute atomic E-state index is 11.1. The van der Waals surface area contributed by atoms with Crippen LogP contribution in [-0.2, 0) is 4.79 Å². The number of benzene rings is 2. The molecular formula is C14H15NO2. The van der Waals surface area contributed by atoms with Crippen LogP contribution in [0.5, 0.6) is 0 Å². The van der Waals surface area contributed by atoms with Gasteiger partial charge in [0.05, 0.1) is 12.6 Å². The standard InChI is InChI=1S/C14H15NO2/c1-10(17)15-14(9-16)13-8-4-6-11-5-2-3-7-12(11)13/h2-8,14,16H,9H2,1H3,(H,15,17). The number of hydrogen-bond acceptors (Lipinski definition) is 2. The van der Waals surface area contributed by atoms with Crippen LogP contribution in [0.1, 0.15) is 18.5 Å². The van der Waals surface area contributed by atoms with Crippen molar-refractivity contribution in [2.75, 3.05) is 6.61 Å². The highest BCUT2D eigenvalue weighted by Gasteiger charge is 2.13. The van der Waals surface area contributed by atoms with E-state index in [1.807, 2.05) is 42.5 Å². The Morgan fingerprint density at radius 1 is 1.24 bits per heavy atom. The lowest BCUT2D eigenvalue weighted by Crippen LogP contribution is -2.28. The zero-order chi connectivity index (χ0) is 12.3. The molecule has 0 aliphatic heterocycles. The number of nitrogens with one attached hydrogen (secondary N) is 1. The number of fused-ring (bicyclic) bond motifs is 1. The molecule has 1 amide bonds. The number of amides is 1. The van der Waals surface area contributed by atoms with Gasteiger partial charge in [-0.25, -0.2) is 0 Å². The van der Waals surface area contributed by atoms with E-state index < -0.39 is 0 Å². The molecule has 0 aromatic heterocycles. The van der Waals surface area contributed by atoms with Gasteiger partial charge in [-0.2, -0.15) is 0 Å². The van der Waals surface area contributed by atoms with Crippen molar-refractivity contribution in [3.8, 4) is 0 Å². The molecule has 1 unspecified atom stereocenters. The summed E-state index contributed by atoms with van der Waals surface area (Å²) in [5.41, 5.74) is 0.945. The minimum Gasteiger partial charge on any atom is -0.394 e. The minimum atomic E-state index is -0.349. The predicted molar refractivity (Wildman–Crippen MR) is 67.6 cm³/mol. The van der Waals surface area contributed by atoms with Gasteiger partial charge in [-0.1, -0.05) is 42.5 Å². The van der Waals surface area contributed by atoms with Gasteiger partial charge >= 0.3 is 0 Å². The highest BCUT2D eigenvalue weighted by Crippen LogP contribution is 2.23. The second-order valence-corrected chi connectivity index (χ2v) is 4.00. The van der Waals surface area contributed by atoms with Crippen LogP contribution in [0, 0.1) is 0 Å². The lowest BCUT2D eigenvalue weighted by molar-refractivity contribution is -0.120. The largest absolute Gasteiger partial charge is 0.394 e. The Morgan fingerprint density at radius 2 is 1.94 bits per heavy atom. The maximum atomic E-state index is 11.1. The Labute approximate surface area is 100 Å². The van der Waals surface area contributed by atoms with Crippen molar-refractivity contribution >= 4 is 16.7 Å². The molecule has 0 bridgehead atoms. The quantitative estimate of drug-likeness (QED) is 0.845. The van der Waals surface area contributed by atoms with E-state index in [0.29, 0.717) is 0 Å². The van der Waals surface area contributed by atoms with Crippen LogP contribution in [0.2, 0.25) is 0 Å². The summed E-state index contributed by atoms with van der Waals surface area (Å²) >= 11 is 0. The van der Waals surface area contributed by atoms with Crippen LogP contribution >= 0.6 is 0 Å². The summed E-state index contributed by atoms with van der Waals surface area (Å²) in [5.74, 6) is -0.142. The van der Waals surface area contributed by atoms with E-state index in [1.165, 1.54) is 6.92 Å². The zero-order valence-corrected chi connectivity index (χ0v) is 9.68. The van der Waals surface area contributed by atoms with Gasteiger partial charge in [-0.3, -0.25) is 4.79 Å². The topological polar surface area (TPSA) is 49.3 Å². The lowest BCUT2D eigenvalue weighted by Gasteiger charge is -2.17. The first-order chi connectivity index (χ1) is 8.22. The molecule has 2 rings (SSSR count). The van der Waals surface area contributed by atoms with Crippen LogP contribution < -0.4 is 5.32 Å². The monoisotopic (exact) mass is 229 g/mol. The number of hydrogen-bond donors (Lipinski definition) is 2. The second kappa shape index (κ2) is 4.97. The summed E-state index contributed by atoms with van der Waals surface area (Å²) in [6, 6.07) is 13.5. The van der Waals surface area contributed by atoms with Crippen molar-refractivity contribution < 1.29 is 9.90 Å². The molecule has 0 saturated heterocycles. The smallest absolute Gasteiger partial charge is 0.217 e. The highest BCUT2D eigenvalue weighted by atomic mass is 16.3. The third kappa shape index (κ3) is 2.45. The molecule has 2 aromatic rings. The van der Waals surface area contributed by atoms with Crippen LogP contribution in [-0.4, -0.2) is 17.6 Å². The molecule has 1 atom stereocenters. The van der Waals surface area contributed by atoms with E-state index >= 15 is 0 Å². The molecular weight excluding hydrogens is 214 g/mol. The van der Waals surface area contributed by atoms with Crippen molar-refractivity contribution in [1.82, 2.24) is 5.32 Å². The van der Waals surface area contributed by atoms with Gasteiger partial charge in [0.15, 0.2) is 0 Å². The van der Waals surface area contributed by atoms with Gasteiger partial charge in [0.2, 0.25) is 5.91 Å². The molecule has 17 heavy (non-hydrogen) atoms. The Balaban J connectivity index is 2.49. The summed E-state index contributed by atoms with van der Waals surface area (Å²) in [6.45, 7) is 1.35. The molecule has 3 heteroatoms. The van der Waals surface area contributed by atoms with Crippen molar-refractivity contribution in [2.24, 2.45) is 0 Å². The van der Waals surface area contributed by atoms with E-state index in [2.05, 4.69) is 5.32 Å². The molecule has 0 aliphatic carbocycles. The fraction of sp³-hybridized carbons (Fsp3) is 0.214. The van der Waals surface area contributed by atoms with Gasteiger partial charge in [-0.15, -0.1) is 0 Å². The second-order valence-electron chi connectivity index (χ2n) is 4.00. The van der Waals surface area contributed by atoms with E-state index in [-0.39, 0.29) is 18.6 Å². The van der Waals surface area contributed by atoms with Crippen LogP contribution in [0.3, 0.4) is 0 Å². The lowest BCUT2D eigenvalue weighted by atomic mass is 9.99. The maximum Gasteiger partial charge on any atom is 0.217 e. The summed E-state index contributed by atoms with van der Waals surface area (Å²) in [5, 5.41) is 14.3. The van der Waals surface area contributed by atoms with Crippen LogP contribution in [0.4, 0.5) is 0 Å². The van der Waals surface area contributed by atoms with Gasteiger partial charge < -0.3 is 10.4 Å². The van der Waals surface area contributed by atoms with Crippen molar-refractivity contribution in [3.63, 3.8) is 0 Å². The normalized spacial score (nSPS) is 12.4. The fourth-order valence-corrected chi connectivity index (χ4v) is 2.02. The third-order valence-corrected chi connectivity index (χ3v) is 2.76. The molecule has 0 saturated carbocycles. The first-order valence-electron chi connectivity index (χ1n) is 5.58. The number of aliphatic hydroxyl groups is 1. The number of aliphatic hydroxyl groups excluding tert-OH is 1. The average Bonchev–Trinajstić information content (AvgIpc) is 2.35. The van der Waals surface area contributed by atoms with Gasteiger partial charge in [0, 0.05) is 6.92 Å². The first kappa shape index (κ1) is 11.6. The van der Waals surface area contributed by atoms with E-state index in [9.17, 15) is 9.90 Å². The van der Waals surface area contributed by atoms with E-state index in [0.717, 1.165) is 16.3 Å². The fourth-order valence-electron chi connectivity index (χ4n) is 2.02. The molecule has 0 heterocycles. The Hall–Kier alpha value is -1.87. The van der Waals surface area contributed by atoms with Crippen LogP contribution in [0.15, 0.2) is 42.5 Å². The molecule has 0 spiro atoms.